The van der Waals surface area contributed by atoms with Crippen LogP contribution >= 0.6 is 0 Å². The van der Waals surface area contributed by atoms with Crippen LogP contribution in [0.1, 0.15) is 12.5 Å². The number of ether oxygens (including phenoxy) is 2. The Hall–Kier alpha value is -2.62. The van der Waals surface area contributed by atoms with E-state index in [2.05, 4.69) is 22.1 Å². The van der Waals surface area contributed by atoms with Gasteiger partial charge in [0.1, 0.15) is 5.75 Å². The molecule has 4 nitrogen and oxygen atoms in total. The molecule has 0 saturated heterocycles. The molecule has 0 radical (unpaired) electrons. The van der Waals surface area contributed by atoms with E-state index in [1.54, 1.807) is 6.20 Å². The highest BCUT2D eigenvalue weighted by molar-refractivity contribution is 5.77. The van der Waals surface area contributed by atoms with Crippen LogP contribution < -0.4 is 9.47 Å². The average Bonchev–Trinajstić information content (AvgIpc) is 2.57. The molecular formula is C18H18N2O2. The normalized spacial score (nSPS) is 10.6. The van der Waals surface area contributed by atoms with Gasteiger partial charge in [0.05, 0.1) is 18.7 Å². The van der Waals surface area contributed by atoms with Crippen LogP contribution in [0.2, 0.25) is 0 Å². The molecule has 0 unspecified atom stereocenters. The predicted molar refractivity (Wildman–Crippen MR) is 86.3 cm³/mol. The average molecular weight is 294 g/mol. The first-order chi connectivity index (χ1) is 10.8. The number of aromatic nitrogens is 2. The Morgan fingerprint density at radius 1 is 0.955 bits per heavy atom. The highest BCUT2D eigenvalue weighted by atomic mass is 16.5. The maximum Gasteiger partial charge on any atom is 0.316 e. The van der Waals surface area contributed by atoms with Gasteiger partial charge in [-0.1, -0.05) is 30.3 Å². The number of rotatable bonds is 6. The van der Waals surface area contributed by atoms with Crippen LogP contribution in [-0.2, 0) is 6.42 Å². The number of nitrogens with zero attached hydrogens (tertiary/aromatic N) is 2. The summed E-state index contributed by atoms with van der Waals surface area (Å²) in [6.45, 7) is 3.21. The van der Waals surface area contributed by atoms with E-state index in [9.17, 15) is 0 Å². The largest absolute Gasteiger partial charge is 0.494 e. The van der Waals surface area contributed by atoms with E-state index in [0.29, 0.717) is 19.2 Å². The van der Waals surface area contributed by atoms with Crippen molar-refractivity contribution in [3.05, 3.63) is 60.3 Å². The van der Waals surface area contributed by atoms with Crippen LogP contribution in [0.4, 0.5) is 0 Å². The van der Waals surface area contributed by atoms with E-state index < -0.39 is 0 Å². The van der Waals surface area contributed by atoms with Crippen molar-refractivity contribution < 1.29 is 9.47 Å². The molecule has 4 heteroatoms. The molecule has 0 aliphatic carbocycles. The second kappa shape index (κ2) is 6.89. The number of benzene rings is 2. The summed E-state index contributed by atoms with van der Waals surface area (Å²) in [5.41, 5.74) is 2.10. The minimum absolute atomic E-state index is 0.421. The zero-order chi connectivity index (χ0) is 15.2. The van der Waals surface area contributed by atoms with Crippen LogP contribution in [0, 0.1) is 0 Å². The van der Waals surface area contributed by atoms with Crippen LogP contribution in [0.15, 0.2) is 54.7 Å². The lowest BCUT2D eigenvalue weighted by Crippen LogP contribution is -2.04. The molecule has 0 aliphatic rings. The molecule has 0 amide bonds. The maximum absolute atomic E-state index is 5.64. The van der Waals surface area contributed by atoms with E-state index in [1.807, 2.05) is 43.3 Å². The molecule has 1 heterocycles. The van der Waals surface area contributed by atoms with Gasteiger partial charge in [-0.3, -0.25) is 0 Å². The monoisotopic (exact) mass is 294 g/mol. The van der Waals surface area contributed by atoms with Crippen LogP contribution in [0.5, 0.6) is 11.8 Å². The summed E-state index contributed by atoms with van der Waals surface area (Å²) in [6.07, 6.45) is 2.59. The third kappa shape index (κ3) is 3.52. The zero-order valence-electron chi connectivity index (χ0n) is 12.5. The van der Waals surface area contributed by atoms with E-state index in [-0.39, 0.29) is 0 Å². The van der Waals surface area contributed by atoms with Gasteiger partial charge in [0.2, 0.25) is 0 Å². The molecule has 0 saturated carbocycles. The lowest BCUT2D eigenvalue weighted by Gasteiger charge is -2.06. The maximum atomic E-state index is 5.64. The fraction of sp³-hybridized carbons (Fsp3) is 0.222. The van der Waals surface area contributed by atoms with Gasteiger partial charge in [-0.05, 0) is 30.7 Å². The molecule has 0 aliphatic heterocycles. The minimum atomic E-state index is 0.421. The predicted octanol–water partition coefficient (Wildman–Crippen LogP) is 3.65. The Balaban J connectivity index is 1.57. The van der Waals surface area contributed by atoms with Crippen molar-refractivity contribution in [1.82, 2.24) is 9.97 Å². The summed E-state index contributed by atoms with van der Waals surface area (Å²) in [4.78, 5) is 8.61. The van der Waals surface area contributed by atoms with Gasteiger partial charge in [0, 0.05) is 18.0 Å². The van der Waals surface area contributed by atoms with Crippen molar-refractivity contribution in [2.24, 2.45) is 0 Å². The smallest absolute Gasteiger partial charge is 0.316 e. The molecule has 112 valence electrons. The summed E-state index contributed by atoms with van der Waals surface area (Å²) in [5, 5.41) is 1.02. The lowest BCUT2D eigenvalue weighted by atomic mass is 10.1. The Morgan fingerprint density at radius 3 is 2.59 bits per heavy atom. The number of hydrogen-bond donors (Lipinski definition) is 0. The van der Waals surface area contributed by atoms with Crippen molar-refractivity contribution in [3.63, 3.8) is 0 Å². The quantitative estimate of drug-likeness (QED) is 0.696. The summed E-state index contributed by atoms with van der Waals surface area (Å²) in [5.74, 6) is 0.894. The number of hydrogen-bond acceptors (Lipinski definition) is 4. The van der Waals surface area contributed by atoms with Crippen molar-refractivity contribution in [2.75, 3.05) is 13.2 Å². The molecule has 3 aromatic rings. The molecule has 2 aromatic carbocycles. The number of fused-ring (bicyclic) bond motifs is 1. The van der Waals surface area contributed by atoms with Gasteiger partial charge in [0.25, 0.3) is 0 Å². The molecular weight excluding hydrogens is 276 g/mol. The van der Waals surface area contributed by atoms with E-state index in [1.165, 1.54) is 5.56 Å². The lowest BCUT2D eigenvalue weighted by molar-refractivity contribution is 0.297. The molecule has 0 atom stereocenters. The standard InChI is InChI=1S/C18H18N2O2/c1-2-21-16-9-7-14(8-10-16)11-12-22-18-19-13-15-5-3-4-6-17(15)20-18/h3-10,13H,2,11-12H2,1H3. The highest BCUT2D eigenvalue weighted by Gasteiger charge is 2.01. The van der Waals surface area contributed by atoms with Crippen molar-refractivity contribution in [3.8, 4) is 11.8 Å². The Labute approximate surface area is 129 Å². The number of para-hydroxylation sites is 1. The minimum Gasteiger partial charge on any atom is -0.494 e. The first kappa shape index (κ1) is 14.3. The topological polar surface area (TPSA) is 44.2 Å². The van der Waals surface area contributed by atoms with Gasteiger partial charge >= 0.3 is 6.01 Å². The zero-order valence-corrected chi connectivity index (χ0v) is 12.5. The second-order valence-corrected chi connectivity index (χ2v) is 4.89. The molecule has 1 aromatic heterocycles. The fourth-order valence-corrected chi connectivity index (χ4v) is 2.20. The summed E-state index contributed by atoms with van der Waals surface area (Å²) in [6, 6.07) is 16.3. The summed E-state index contributed by atoms with van der Waals surface area (Å²) >= 11 is 0. The molecule has 0 N–H and O–H groups in total. The van der Waals surface area contributed by atoms with E-state index >= 15 is 0 Å². The van der Waals surface area contributed by atoms with Gasteiger partial charge in [0.15, 0.2) is 0 Å². The Kier molecular flexibility index (Phi) is 4.49. The van der Waals surface area contributed by atoms with Crippen LogP contribution in [0.3, 0.4) is 0 Å². The molecule has 22 heavy (non-hydrogen) atoms. The second-order valence-electron chi connectivity index (χ2n) is 4.89. The SMILES string of the molecule is CCOc1ccc(CCOc2ncc3ccccc3n2)cc1. The molecule has 0 spiro atoms. The van der Waals surface area contributed by atoms with Crippen LogP contribution in [0.25, 0.3) is 10.9 Å². The van der Waals surface area contributed by atoms with Crippen molar-refractivity contribution in [2.45, 2.75) is 13.3 Å². The third-order valence-corrected chi connectivity index (χ3v) is 3.32. The molecule has 3 rings (SSSR count). The van der Waals surface area contributed by atoms with E-state index in [4.69, 9.17) is 9.47 Å². The Morgan fingerprint density at radius 2 is 1.77 bits per heavy atom. The molecule has 0 bridgehead atoms. The summed E-state index contributed by atoms with van der Waals surface area (Å²) in [7, 11) is 0. The van der Waals surface area contributed by atoms with Crippen molar-refractivity contribution >= 4 is 10.9 Å². The van der Waals surface area contributed by atoms with Crippen LogP contribution in [-0.4, -0.2) is 23.2 Å². The fourth-order valence-electron chi connectivity index (χ4n) is 2.20. The van der Waals surface area contributed by atoms with E-state index in [0.717, 1.165) is 23.1 Å². The first-order valence-corrected chi connectivity index (χ1v) is 7.41. The van der Waals surface area contributed by atoms with Gasteiger partial charge in [-0.2, -0.15) is 4.98 Å². The third-order valence-electron chi connectivity index (χ3n) is 3.32. The highest BCUT2D eigenvalue weighted by Crippen LogP contribution is 2.14. The molecule has 0 fully saturated rings. The van der Waals surface area contributed by atoms with Gasteiger partial charge in [-0.15, -0.1) is 0 Å². The summed E-state index contributed by atoms with van der Waals surface area (Å²) < 4.78 is 11.1. The van der Waals surface area contributed by atoms with Gasteiger partial charge in [-0.25, -0.2) is 4.98 Å². The van der Waals surface area contributed by atoms with Crippen molar-refractivity contribution in [1.29, 1.82) is 0 Å². The first-order valence-electron chi connectivity index (χ1n) is 7.41. The van der Waals surface area contributed by atoms with Gasteiger partial charge < -0.3 is 9.47 Å². The Bertz CT molecular complexity index is 741.